The van der Waals surface area contributed by atoms with E-state index in [4.69, 9.17) is 9.84 Å². The van der Waals surface area contributed by atoms with Crippen LogP contribution < -0.4 is 10.1 Å². The standard InChI is InChI=1S/C18H18N4O5/c23-16-10-27-15-3-2-11(6-13(15)19-16)7-17(24)21-4-1-5-22-12(9-21)8-14(20-22)18(25)26/h2-3,6,8H,1,4-5,7,9-10H2,(H,19,23)(H,25,26). The summed E-state index contributed by atoms with van der Waals surface area (Å²) in [7, 11) is 0. The van der Waals surface area contributed by atoms with Crippen LogP contribution in [0.25, 0.3) is 0 Å². The van der Waals surface area contributed by atoms with Gasteiger partial charge in [-0.05, 0) is 30.2 Å². The van der Waals surface area contributed by atoms with E-state index in [1.165, 1.54) is 6.07 Å². The molecule has 0 radical (unpaired) electrons. The molecule has 0 bridgehead atoms. The number of ether oxygens (including phenoxy) is 1. The third-order valence-electron chi connectivity index (χ3n) is 4.62. The van der Waals surface area contributed by atoms with E-state index < -0.39 is 5.97 Å². The minimum atomic E-state index is -1.08. The Morgan fingerprint density at radius 3 is 2.93 bits per heavy atom. The number of rotatable bonds is 3. The molecule has 2 aliphatic rings. The number of aryl methyl sites for hydroxylation is 1. The largest absolute Gasteiger partial charge is 0.482 e. The zero-order valence-electron chi connectivity index (χ0n) is 14.5. The lowest BCUT2D eigenvalue weighted by Gasteiger charge is -2.21. The minimum absolute atomic E-state index is 0.00886. The molecule has 2 amide bonds. The second kappa shape index (κ2) is 6.75. The zero-order chi connectivity index (χ0) is 19.0. The molecule has 3 heterocycles. The smallest absolute Gasteiger partial charge is 0.356 e. The number of hydrogen-bond acceptors (Lipinski definition) is 5. The van der Waals surface area contributed by atoms with E-state index in [0.29, 0.717) is 43.2 Å². The number of amides is 2. The first kappa shape index (κ1) is 17.1. The molecule has 9 heteroatoms. The quantitative estimate of drug-likeness (QED) is 0.829. The Kier molecular flexibility index (Phi) is 4.27. The van der Waals surface area contributed by atoms with Gasteiger partial charge in [0.25, 0.3) is 5.91 Å². The predicted molar refractivity (Wildman–Crippen MR) is 93.5 cm³/mol. The molecule has 2 N–H and O–H groups in total. The van der Waals surface area contributed by atoms with Crippen molar-refractivity contribution in [1.82, 2.24) is 14.7 Å². The van der Waals surface area contributed by atoms with Crippen molar-refractivity contribution in [2.24, 2.45) is 0 Å². The summed E-state index contributed by atoms with van der Waals surface area (Å²) in [4.78, 5) is 37.0. The van der Waals surface area contributed by atoms with Crippen molar-refractivity contribution in [3.8, 4) is 5.75 Å². The monoisotopic (exact) mass is 370 g/mol. The highest BCUT2D eigenvalue weighted by atomic mass is 16.5. The normalized spacial score (nSPS) is 15.9. The molecule has 0 saturated heterocycles. The number of carboxylic acids is 1. The number of nitrogens with zero attached hydrogens (tertiary/aromatic N) is 3. The lowest BCUT2D eigenvalue weighted by Crippen LogP contribution is -2.32. The van der Waals surface area contributed by atoms with Crippen molar-refractivity contribution in [1.29, 1.82) is 0 Å². The average molecular weight is 370 g/mol. The van der Waals surface area contributed by atoms with Crippen LogP contribution in [0.5, 0.6) is 5.75 Å². The van der Waals surface area contributed by atoms with E-state index >= 15 is 0 Å². The molecular weight excluding hydrogens is 352 g/mol. The molecule has 9 nitrogen and oxygen atoms in total. The van der Waals surface area contributed by atoms with Crippen LogP contribution in [0.3, 0.4) is 0 Å². The number of carboxylic acid groups (broad SMARTS) is 1. The number of aromatic nitrogens is 2. The predicted octanol–water partition coefficient (Wildman–Crippen LogP) is 0.887. The summed E-state index contributed by atoms with van der Waals surface area (Å²) in [6.45, 7) is 1.47. The topological polar surface area (TPSA) is 114 Å². The molecule has 0 unspecified atom stereocenters. The van der Waals surface area contributed by atoms with E-state index in [1.807, 2.05) is 0 Å². The van der Waals surface area contributed by atoms with Gasteiger partial charge in [0, 0.05) is 13.1 Å². The number of fused-ring (bicyclic) bond motifs is 2. The highest BCUT2D eigenvalue weighted by Gasteiger charge is 2.23. The van der Waals surface area contributed by atoms with Crippen molar-refractivity contribution < 1.29 is 24.2 Å². The van der Waals surface area contributed by atoms with Crippen molar-refractivity contribution in [2.75, 3.05) is 18.5 Å². The van der Waals surface area contributed by atoms with Gasteiger partial charge < -0.3 is 20.1 Å². The number of carbonyl (C=O) groups is 3. The van der Waals surface area contributed by atoms with Crippen LogP contribution in [-0.2, 0) is 29.1 Å². The Labute approximate surface area is 154 Å². The van der Waals surface area contributed by atoms with Crippen molar-refractivity contribution in [3.63, 3.8) is 0 Å². The third-order valence-corrected chi connectivity index (χ3v) is 4.62. The maximum atomic E-state index is 12.8. The first-order valence-corrected chi connectivity index (χ1v) is 8.63. The first-order valence-electron chi connectivity index (χ1n) is 8.63. The van der Waals surface area contributed by atoms with Gasteiger partial charge in [-0.15, -0.1) is 0 Å². The van der Waals surface area contributed by atoms with Crippen LogP contribution >= 0.6 is 0 Å². The second-order valence-corrected chi connectivity index (χ2v) is 6.56. The Morgan fingerprint density at radius 2 is 2.11 bits per heavy atom. The number of benzene rings is 1. The van der Waals surface area contributed by atoms with Crippen LogP contribution in [0.1, 0.15) is 28.2 Å². The molecule has 140 valence electrons. The Hall–Kier alpha value is -3.36. The van der Waals surface area contributed by atoms with Crippen LogP contribution in [0.15, 0.2) is 24.3 Å². The van der Waals surface area contributed by atoms with Gasteiger partial charge in [0.2, 0.25) is 5.91 Å². The summed E-state index contributed by atoms with van der Waals surface area (Å²) in [5.74, 6) is -0.775. The van der Waals surface area contributed by atoms with Crippen molar-refractivity contribution in [2.45, 2.75) is 25.9 Å². The molecular formula is C18H18N4O5. The van der Waals surface area contributed by atoms with Crippen molar-refractivity contribution in [3.05, 3.63) is 41.2 Å². The summed E-state index contributed by atoms with van der Waals surface area (Å²) in [6, 6.07) is 6.81. The molecule has 2 aliphatic heterocycles. The minimum Gasteiger partial charge on any atom is -0.482 e. The Balaban J connectivity index is 1.48. The van der Waals surface area contributed by atoms with Crippen molar-refractivity contribution >= 4 is 23.5 Å². The van der Waals surface area contributed by atoms with Gasteiger partial charge in [0.1, 0.15) is 5.75 Å². The number of nitrogens with one attached hydrogen (secondary N) is 1. The SMILES string of the molecule is O=C1COc2ccc(CC(=O)N3CCCn4nc(C(=O)O)cc4C3)cc2N1. The molecule has 1 aromatic carbocycles. The van der Waals surface area contributed by atoms with E-state index in [0.717, 1.165) is 5.56 Å². The summed E-state index contributed by atoms with van der Waals surface area (Å²) < 4.78 is 6.98. The maximum Gasteiger partial charge on any atom is 0.356 e. The molecule has 1 aromatic heterocycles. The van der Waals surface area contributed by atoms with Crippen LogP contribution in [0.4, 0.5) is 5.69 Å². The zero-order valence-corrected chi connectivity index (χ0v) is 14.5. The molecule has 27 heavy (non-hydrogen) atoms. The Bertz CT molecular complexity index is 936. The first-order chi connectivity index (χ1) is 13.0. The third kappa shape index (κ3) is 3.48. The van der Waals surface area contributed by atoms with Gasteiger partial charge >= 0.3 is 5.97 Å². The Morgan fingerprint density at radius 1 is 1.26 bits per heavy atom. The lowest BCUT2D eigenvalue weighted by molar-refractivity contribution is -0.131. The number of aromatic carboxylic acids is 1. The van der Waals surface area contributed by atoms with Gasteiger partial charge in [0.15, 0.2) is 12.3 Å². The molecule has 2 aromatic rings. The highest BCUT2D eigenvalue weighted by Crippen LogP contribution is 2.29. The van der Waals surface area contributed by atoms with Crippen LogP contribution in [0.2, 0.25) is 0 Å². The molecule has 0 atom stereocenters. The van der Waals surface area contributed by atoms with E-state index in [2.05, 4.69) is 10.4 Å². The number of hydrogen-bond donors (Lipinski definition) is 2. The fourth-order valence-corrected chi connectivity index (χ4v) is 3.31. The van der Waals surface area contributed by atoms with Gasteiger partial charge in [-0.3, -0.25) is 14.3 Å². The average Bonchev–Trinajstić information content (AvgIpc) is 2.93. The number of carbonyl (C=O) groups excluding carboxylic acids is 2. The summed E-state index contributed by atoms with van der Waals surface area (Å²) in [6.07, 6.45) is 0.886. The summed E-state index contributed by atoms with van der Waals surface area (Å²) >= 11 is 0. The fraction of sp³-hybridized carbons (Fsp3) is 0.333. The lowest BCUT2D eigenvalue weighted by atomic mass is 10.1. The molecule has 0 saturated carbocycles. The van der Waals surface area contributed by atoms with Gasteiger partial charge in [0.05, 0.1) is 24.3 Å². The second-order valence-electron chi connectivity index (χ2n) is 6.56. The summed E-state index contributed by atoms with van der Waals surface area (Å²) in [5.41, 5.74) is 2.04. The van der Waals surface area contributed by atoms with Gasteiger partial charge in [-0.2, -0.15) is 5.10 Å². The van der Waals surface area contributed by atoms with Gasteiger partial charge in [-0.25, -0.2) is 4.79 Å². The van der Waals surface area contributed by atoms with E-state index in [1.54, 1.807) is 27.8 Å². The summed E-state index contributed by atoms with van der Waals surface area (Å²) in [5, 5.41) is 15.9. The van der Waals surface area contributed by atoms with E-state index in [-0.39, 0.29) is 30.5 Å². The fourth-order valence-electron chi connectivity index (χ4n) is 3.31. The van der Waals surface area contributed by atoms with Crippen LogP contribution in [-0.4, -0.2) is 50.7 Å². The maximum absolute atomic E-state index is 12.8. The molecule has 0 spiro atoms. The highest BCUT2D eigenvalue weighted by molar-refractivity contribution is 5.95. The van der Waals surface area contributed by atoms with Gasteiger partial charge in [-0.1, -0.05) is 6.07 Å². The molecule has 4 rings (SSSR count). The van der Waals surface area contributed by atoms with E-state index in [9.17, 15) is 14.4 Å². The number of anilines is 1. The van der Waals surface area contributed by atoms with Crippen LogP contribution in [0, 0.1) is 0 Å². The molecule has 0 fully saturated rings. The molecule has 0 aliphatic carbocycles.